The van der Waals surface area contributed by atoms with E-state index in [4.69, 9.17) is 4.99 Å². The number of nitrogens with zero attached hydrogens (tertiary/aromatic N) is 3. The van der Waals surface area contributed by atoms with Crippen molar-refractivity contribution < 1.29 is 4.79 Å². The molecule has 0 aromatic heterocycles. The van der Waals surface area contributed by atoms with Gasteiger partial charge in [0.1, 0.15) is 0 Å². The average Bonchev–Trinajstić information content (AvgIpc) is 3.34. The number of hydrogen-bond acceptors (Lipinski definition) is 3. The van der Waals surface area contributed by atoms with Crippen LogP contribution in [0.4, 0.5) is 0 Å². The molecule has 0 saturated carbocycles. The number of nitrogens with one attached hydrogen (secondary N) is 2. The predicted octanol–water partition coefficient (Wildman–Crippen LogP) is 3.07. The molecule has 2 aliphatic rings. The monoisotopic (exact) mass is 507 g/mol. The third-order valence-corrected chi connectivity index (χ3v) is 6.05. The number of amides is 1. The van der Waals surface area contributed by atoms with Crippen LogP contribution in [0.5, 0.6) is 0 Å². The Kier molecular flexibility index (Phi) is 13.1. The Morgan fingerprint density at radius 1 is 1.07 bits per heavy atom. The van der Waals surface area contributed by atoms with Crippen molar-refractivity contribution in [2.24, 2.45) is 10.9 Å². The first-order valence-electron chi connectivity index (χ1n) is 11.2. The van der Waals surface area contributed by atoms with E-state index in [0.717, 1.165) is 63.9 Å². The van der Waals surface area contributed by atoms with E-state index in [1.165, 1.54) is 38.8 Å². The van der Waals surface area contributed by atoms with Gasteiger partial charge >= 0.3 is 0 Å². The zero-order valence-corrected chi connectivity index (χ0v) is 20.5. The van der Waals surface area contributed by atoms with Crippen LogP contribution in [0, 0.1) is 5.92 Å². The van der Waals surface area contributed by atoms with Gasteiger partial charge in [-0.3, -0.25) is 14.7 Å². The normalized spacial score (nSPS) is 19.2. The molecule has 1 unspecified atom stereocenters. The maximum Gasteiger partial charge on any atom is 0.222 e. The highest BCUT2D eigenvalue weighted by atomic mass is 127. The van der Waals surface area contributed by atoms with Crippen LogP contribution in [-0.4, -0.2) is 73.5 Å². The van der Waals surface area contributed by atoms with Crippen LogP contribution in [0.15, 0.2) is 4.99 Å². The van der Waals surface area contributed by atoms with Gasteiger partial charge in [0, 0.05) is 38.6 Å². The molecule has 1 amide bonds. The standard InChI is InChI=1S/C21H41N5O.HI/c1-4-18(5-2)19(25-13-7-8-14-25)17-24-21(22-6-3)23-12-10-16-26-15-9-11-20(26)27;/h18-19H,4-17H2,1-3H3,(H2,22,23,24);1H. The highest BCUT2D eigenvalue weighted by molar-refractivity contribution is 14.0. The summed E-state index contributed by atoms with van der Waals surface area (Å²) < 4.78 is 0. The quantitative estimate of drug-likeness (QED) is 0.195. The fourth-order valence-electron chi connectivity index (χ4n) is 4.41. The largest absolute Gasteiger partial charge is 0.357 e. The summed E-state index contributed by atoms with van der Waals surface area (Å²) in [6.07, 6.45) is 7.82. The third-order valence-electron chi connectivity index (χ3n) is 6.05. The molecule has 2 N–H and O–H groups in total. The maximum atomic E-state index is 11.7. The molecule has 6 nitrogen and oxygen atoms in total. The molecular formula is C21H42IN5O. The van der Waals surface area contributed by atoms with Crippen molar-refractivity contribution in [3.8, 4) is 0 Å². The van der Waals surface area contributed by atoms with Gasteiger partial charge in [0.25, 0.3) is 0 Å². The maximum absolute atomic E-state index is 11.7. The van der Waals surface area contributed by atoms with Crippen molar-refractivity contribution in [1.29, 1.82) is 0 Å². The van der Waals surface area contributed by atoms with Crippen LogP contribution in [0.2, 0.25) is 0 Å². The second-order valence-corrected chi connectivity index (χ2v) is 7.87. The van der Waals surface area contributed by atoms with E-state index in [1.807, 2.05) is 4.90 Å². The highest BCUT2D eigenvalue weighted by Crippen LogP contribution is 2.23. The number of hydrogen-bond donors (Lipinski definition) is 2. The van der Waals surface area contributed by atoms with Crippen molar-refractivity contribution in [1.82, 2.24) is 20.4 Å². The average molecular weight is 508 g/mol. The smallest absolute Gasteiger partial charge is 0.222 e. The Morgan fingerprint density at radius 3 is 2.36 bits per heavy atom. The van der Waals surface area contributed by atoms with Gasteiger partial charge in [-0.15, -0.1) is 24.0 Å². The van der Waals surface area contributed by atoms with Crippen LogP contribution in [-0.2, 0) is 4.79 Å². The number of likely N-dealkylation sites (tertiary alicyclic amines) is 2. The van der Waals surface area contributed by atoms with E-state index < -0.39 is 0 Å². The number of rotatable bonds is 11. The van der Waals surface area contributed by atoms with E-state index in [2.05, 4.69) is 36.3 Å². The Bertz CT molecular complexity index is 462. The number of aliphatic imine (C=N–C) groups is 1. The number of guanidine groups is 1. The summed E-state index contributed by atoms with van der Waals surface area (Å²) in [6, 6.07) is 0.556. The van der Waals surface area contributed by atoms with Gasteiger partial charge in [-0.2, -0.15) is 0 Å². The molecule has 2 fully saturated rings. The second-order valence-electron chi connectivity index (χ2n) is 7.87. The lowest BCUT2D eigenvalue weighted by molar-refractivity contribution is -0.127. The molecule has 1 atom stereocenters. The summed E-state index contributed by atoms with van der Waals surface area (Å²) in [5.41, 5.74) is 0. The molecule has 28 heavy (non-hydrogen) atoms. The van der Waals surface area contributed by atoms with E-state index >= 15 is 0 Å². The topological polar surface area (TPSA) is 60.0 Å². The van der Waals surface area contributed by atoms with Crippen molar-refractivity contribution >= 4 is 35.8 Å². The molecule has 0 bridgehead atoms. The van der Waals surface area contributed by atoms with Crippen LogP contribution in [0.1, 0.15) is 65.7 Å². The zero-order chi connectivity index (χ0) is 19.5. The third kappa shape index (κ3) is 8.05. The molecular weight excluding hydrogens is 465 g/mol. The lowest BCUT2D eigenvalue weighted by Crippen LogP contribution is -2.43. The molecule has 0 aromatic carbocycles. The van der Waals surface area contributed by atoms with Crippen molar-refractivity contribution in [2.75, 3.05) is 45.8 Å². The number of carbonyl (C=O) groups excluding carboxylic acids is 1. The van der Waals surface area contributed by atoms with Crippen molar-refractivity contribution in [3.63, 3.8) is 0 Å². The molecule has 0 radical (unpaired) electrons. The first kappa shape index (κ1) is 25.5. The summed E-state index contributed by atoms with van der Waals surface area (Å²) in [4.78, 5) is 21.3. The fraction of sp³-hybridized carbons (Fsp3) is 0.905. The summed E-state index contributed by atoms with van der Waals surface area (Å²) >= 11 is 0. The van der Waals surface area contributed by atoms with Gasteiger partial charge < -0.3 is 15.5 Å². The predicted molar refractivity (Wildman–Crippen MR) is 128 cm³/mol. The molecule has 2 aliphatic heterocycles. The molecule has 2 heterocycles. The minimum Gasteiger partial charge on any atom is -0.357 e. The SMILES string of the molecule is CCNC(=NCC(C(CC)CC)N1CCCC1)NCCCN1CCCC1=O.I. The lowest BCUT2D eigenvalue weighted by Gasteiger charge is -2.32. The Hall–Kier alpha value is -0.570. The summed E-state index contributed by atoms with van der Waals surface area (Å²) in [6.45, 7) is 13.6. The minimum atomic E-state index is 0. The van der Waals surface area contributed by atoms with Gasteiger partial charge in [0.05, 0.1) is 6.54 Å². The molecule has 7 heteroatoms. The van der Waals surface area contributed by atoms with Gasteiger partial charge in [0.15, 0.2) is 5.96 Å². The summed E-state index contributed by atoms with van der Waals surface area (Å²) in [7, 11) is 0. The molecule has 2 saturated heterocycles. The van der Waals surface area contributed by atoms with Gasteiger partial charge in [-0.25, -0.2) is 0 Å². The molecule has 0 spiro atoms. The molecule has 0 aromatic rings. The summed E-state index contributed by atoms with van der Waals surface area (Å²) in [5.74, 6) is 1.95. The van der Waals surface area contributed by atoms with Crippen molar-refractivity contribution in [3.05, 3.63) is 0 Å². The van der Waals surface area contributed by atoms with Crippen LogP contribution in [0.25, 0.3) is 0 Å². The van der Waals surface area contributed by atoms with Crippen LogP contribution < -0.4 is 10.6 Å². The number of halogens is 1. The van der Waals surface area contributed by atoms with Crippen LogP contribution >= 0.6 is 24.0 Å². The van der Waals surface area contributed by atoms with Crippen LogP contribution in [0.3, 0.4) is 0 Å². The lowest BCUT2D eigenvalue weighted by atomic mass is 9.93. The van der Waals surface area contributed by atoms with Crippen molar-refractivity contribution in [2.45, 2.75) is 71.8 Å². The molecule has 2 rings (SSSR count). The fourth-order valence-corrected chi connectivity index (χ4v) is 4.41. The second kappa shape index (κ2) is 14.4. The minimum absolute atomic E-state index is 0. The Balaban J connectivity index is 0.00000392. The van der Waals surface area contributed by atoms with E-state index in [0.29, 0.717) is 11.9 Å². The zero-order valence-electron chi connectivity index (χ0n) is 18.2. The molecule has 164 valence electrons. The molecule has 0 aliphatic carbocycles. The van der Waals surface area contributed by atoms with E-state index in [-0.39, 0.29) is 24.0 Å². The van der Waals surface area contributed by atoms with E-state index in [9.17, 15) is 4.79 Å². The first-order chi connectivity index (χ1) is 13.2. The van der Waals surface area contributed by atoms with Gasteiger partial charge in [-0.1, -0.05) is 26.7 Å². The first-order valence-corrected chi connectivity index (χ1v) is 11.2. The highest BCUT2D eigenvalue weighted by Gasteiger charge is 2.27. The Morgan fingerprint density at radius 2 is 1.79 bits per heavy atom. The summed E-state index contributed by atoms with van der Waals surface area (Å²) in [5, 5.41) is 6.84. The Labute approximate surface area is 189 Å². The van der Waals surface area contributed by atoms with Gasteiger partial charge in [0.2, 0.25) is 5.91 Å². The van der Waals surface area contributed by atoms with E-state index in [1.54, 1.807) is 0 Å². The van der Waals surface area contributed by atoms with Gasteiger partial charge in [-0.05, 0) is 51.6 Å². The number of carbonyl (C=O) groups is 1.